The molecule has 0 unspecified atom stereocenters. The van der Waals surface area contributed by atoms with E-state index in [-0.39, 0.29) is 42.8 Å². The topological polar surface area (TPSA) is 29.1 Å². The molecule has 1 rings (SSSR count). The second kappa shape index (κ2) is 8.50. The van der Waals surface area contributed by atoms with Crippen molar-refractivity contribution in [2.24, 2.45) is 0 Å². The van der Waals surface area contributed by atoms with Gasteiger partial charge in [-0.2, -0.15) is 13.2 Å². The number of benzene rings is 1. The second-order valence-corrected chi connectivity index (χ2v) is 2.32. The molecule has 0 aromatic heterocycles. The Hall–Kier alpha value is -0.650. The first kappa shape index (κ1) is 20.7. The predicted octanol–water partition coefficient (Wildman–Crippen LogP) is 3.20. The molecule has 0 radical (unpaired) electrons. The molecule has 94 valence electrons. The molecule has 1 N–H and O–H groups in total. The molecule has 0 saturated heterocycles. The first-order valence-corrected chi connectivity index (χ1v) is 3.43. The Morgan fingerprint density at radius 2 is 1.44 bits per heavy atom. The molecule has 1 amide bonds. The highest BCUT2D eigenvalue weighted by atomic mass is 35.5. The number of amides is 1. The van der Waals surface area contributed by atoms with Gasteiger partial charge in [0.25, 0.3) is 5.91 Å². The smallest absolute Gasteiger partial charge is 0.269 e. The number of carbonyl (C=O) groups is 1. The zero-order valence-corrected chi connectivity index (χ0v) is 10.1. The van der Waals surface area contributed by atoms with E-state index in [4.69, 9.17) is 0 Å². The third kappa shape index (κ3) is 7.62. The lowest BCUT2D eigenvalue weighted by Gasteiger charge is -2.07. The number of halogens is 6. The van der Waals surface area contributed by atoms with Gasteiger partial charge in [-0.3, -0.25) is 10.1 Å². The van der Waals surface area contributed by atoms with Crippen molar-refractivity contribution in [3.8, 4) is 0 Å². The normalized spacial score (nSPS) is 8.94. The molecule has 1 aromatic carbocycles. The van der Waals surface area contributed by atoms with Crippen LogP contribution >= 0.6 is 37.2 Å². The second-order valence-electron chi connectivity index (χ2n) is 2.32. The van der Waals surface area contributed by atoms with Crippen LogP contribution in [-0.4, -0.2) is 12.2 Å². The molecule has 0 fully saturated rings. The Labute approximate surface area is 109 Å². The average molecular weight is 299 g/mol. The number of hydrogen-bond acceptors (Lipinski definition) is 1. The van der Waals surface area contributed by atoms with E-state index in [2.05, 4.69) is 0 Å². The summed E-state index contributed by atoms with van der Waals surface area (Å²) in [6.45, 7) is 0. The Kier molecular flexibility index (Phi) is 11.0. The van der Waals surface area contributed by atoms with Crippen LogP contribution in [0, 0.1) is 0 Å². The average Bonchev–Trinajstić information content (AvgIpc) is 2.03. The maximum atomic E-state index is 11.7. The Balaban J connectivity index is -0.000000563. The van der Waals surface area contributed by atoms with Gasteiger partial charge in [0.05, 0.1) is 0 Å². The standard InChI is InChI=1S/C8H6F3NO.3ClH/c9-8(10,11)12-7(13)6-4-2-1-3-5-6;;;/h1-5H,(H,12,13);3*1H. The molecule has 0 spiro atoms. The van der Waals surface area contributed by atoms with Crippen molar-refractivity contribution < 1.29 is 18.0 Å². The largest absolute Gasteiger partial charge is 0.484 e. The Morgan fingerprint density at radius 3 is 1.81 bits per heavy atom. The van der Waals surface area contributed by atoms with Gasteiger partial charge >= 0.3 is 6.30 Å². The van der Waals surface area contributed by atoms with E-state index in [1.807, 2.05) is 0 Å². The van der Waals surface area contributed by atoms with Crippen LogP contribution < -0.4 is 5.32 Å². The summed E-state index contributed by atoms with van der Waals surface area (Å²) < 4.78 is 35.0. The van der Waals surface area contributed by atoms with Crippen molar-refractivity contribution in [1.82, 2.24) is 5.32 Å². The van der Waals surface area contributed by atoms with Gasteiger partial charge in [-0.1, -0.05) is 18.2 Å². The minimum absolute atomic E-state index is 0. The lowest BCUT2D eigenvalue weighted by molar-refractivity contribution is -0.146. The monoisotopic (exact) mass is 297 g/mol. The number of rotatable bonds is 1. The van der Waals surface area contributed by atoms with Gasteiger partial charge in [0.15, 0.2) is 0 Å². The summed E-state index contributed by atoms with van der Waals surface area (Å²) in [4.78, 5) is 10.8. The molecule has 8 heteroatoms. The number of carbonyl (C=O) groups excluding carboxylic acids is 1. The first-order valence-electron chi connectivity index (χ1n) is 3.43. The lowest BCUT2D eigenvalue weighted by atomic mass is 10.2. The van der Waals surface area contributed by atoms with Gasteiger partial charge in [0.1, 0.15) is 0 Å². The molecular weight excluding hydrogens is 289 g/mol. The van der Waals surface area contributed by atoms with Crippen LogP contribution in [0.2, 0.25) is 0 Å². The fourth-order valence-electron chi connectivity index (χ4n) is 0.790. The van der Waals surface area contributed by atoms with Gasteiger partial charge in [-0.15, -0.1) is 37.2 Å². The molecule has 0 saturated carbocycles. The van der Waals surface area contributed by atoms with Gasteiger partial charge in [-0.05, 0) is 12.1 Å². The SMILES string of the molecule is Cl.Cl.Cl.O=C(NC(F)(F)F)c1ccccc1. The summed E-state index contributed by atoms with van der Waals surface area (Å²) in [5, 5.41) is 0.896. The highest BCUT2D eigenvalue weighted by Gasteiger charge is 2.30. The van der Waals surface area contributed by atoms with Crippen LogP contribution in [-0.2, 0) is 0 Å². The highest BCUT2D eigenvalue weighted by molar-refractivity contribution is 5.94. The van der Waals surface area contributed by atoms with E-state index < -0.39 is 12.2 Å². The third-order valence-electron chi connectivity index (χ3n) is 1.29. The van der Waals surface area contributed by atoms with Crippen molar-refractivity contribution in [3.63, 3.8) is 0 Å². The van der Waals surface area contributed by atoms with Gasteiger partial charge in [0, 0.05) is 5.56 Å². The minimum atomic E-state index is -4.67. The minimum Gasteiger partial charge on any atom is -0.269 e. The van der Waals surface area contributed by atoms with Crippen LogP contribution in [0.4, 0.5) is 13.2 Å². The van der Waals surface area contributed by atoms with E-state index in [0.29, 0.717) is 0 Å². The third-order valence-corrected chi connectivity index (χ3v) is 1.29. The molecule has 0 bridgehead atoms. The molecule has 0 aliphatic rings. The van der Waals surface area contributed by atoms with Crippen molar-refractivity contribution in [3.05, 3.63) is 35.9 Å². The molecule has 2 nitrogen and oxygen atoms in total. The number of alkyl halides is 3. The van der Waals surface area contributed by atoms with E-state index in [1.54, 1.807) is 6.07 Å². The van der Waals surface area contributed by atoms with Crippen molar-refractivity contribution >= 4 is 43.1 Å². The van der Waals surface area contributed by atoms with Crippen molar-refractivity contribution in [2.45, 2.75) is 6.30 Å². The predicted molar refractivity (Wildman–Crippen MR) is 61.7 cm³/mol. The zero-order chi connectivity index (χ0) is 9.90. The van der Waals surface area contributed by atoms with Gasteiger partial charge in [0.2, 0.25) is 0 Å². The van der Waals surface area contributed by atoms with Crippen molar-refractivity contribution in [2.75, 3.05) is 0 Å². The van der Waals surface area contributed by atoms with E-state index in [9.17, 15) is 18.0 Å². The summed E-state index contributed by atoms with van der Waals surface area (Å²) in [5.41, 5.74) is -0.0141. The summed E-state index contributed by atoms with van der Waals surface area (Å²) >= 11 is 0. The van der Waals surface area contributed by atoms with Gasteiger partial charge < -0.3 is 0 Å². The van der Waals surface area contributed by atoms with Crippen LogP contribution in [0.3, 0.4) is 0 Å². The summed E-state index contributed by atoms with van der Waals surface area (Å²) in [6.07, 6.45) is -4.67. The van der Waals surface area contributed by atoms with E-state index in [0.717, 1.165) is 5.32 Å². The van der Waals surface area contributed by atoms with Gasteiger partial charge in [-0.25, -0.2) is 0 Å². The van der Waals surface area contributed by atoms with Crippen LogP contribution in [0.1, 0.15) is 10.4 Å². The lowest BCUT2D eigenvalue weighted by Crippen LogP contribution is -2.37. The Morgan fingerprint density at radius 1 is 1.00 bits per heavy atom. The molecule has 1 aromatic rings. The zero-order valence-electron chi connectivity index (χ0n) is 7.65. The Bertz CT molecular complexity index is 305. The molecule has 0 atom stereocenters. The quantitative estimate of drug-likeness (QED) is 0.793. The maximum absolute atomic E-state index is 11.7. The molecule has 0 heterocycles. The summed E-state index contributed by atoms with van der Waals surface area (Å²) in [5.74, 6) is -1.15. The molecule has 0 aliphatic carbocycles. The molecular formula is C8H9Cl3F3NO. The first-order chi connectivity index (χ1) is 5.99. The highest BCUT2D eigenvalue weighted by Crippen LogP contribution is 2.11. The summed E-state index contributed by atoms with van der Waals surface area (Å²) in [6, 6.07) is 7.21. The van der Waals surface area contributed by atoms with Crippen LogP contribution in [0.15, 0.2) is 30.3 Å². The maximum Gasteiger partial charge on any atom is 0.484 e. The summed E-state index contributed by atoms with van der Waals surface area (Å²) in [7, 11) is 0. The fraction of sp³-hybridized carbons (Fsp3) is 0.125. The number of hydrogen-bond donors (Lipinski definition) is 1. The molecule has 16 heavy (non-hydrogen) atoms. The molecule has 0 aliphatic heterocycles. The number of nitrogens with one attached hydrogen (secondary N) is 1. The van der Waals surface area contributed by atoms with E-state index in [1.165, 1.54) is 24.3 Å². The van der Waals surface area contributed by atoms with E-state index >= 15 is 0 Å². The van der Waals surface area contributed by atoms with Crippen molar-refractivity contribution in [1.29, 1.82) is 0 Å². The fourth-order valence-corrected chi connectivity index (χ4v) is 0.790. The van der Waals surface area contributed by atoms with Crippen LogP contribution in [0.25, 0.3) is 0 Å². The van der Waals surface area contributed by atoms with Crippen LogP contribution in [0.5, 0.6) is 0 Å².